The van der Waals surface area contributed by atoms with E-state index in [1.54, 1.807) is 13.0 Å². The Bertz CT molecular complexity index is 452. The average molecular weight is 250 g/mol. The maximum absolute atomic E-state index is 13.7. The zero-order chi connectivity index (χ0) is 13.7. The molecule has 0 saturated heterocycles. The molecule has 0 amide bonds. The van der Waals surface area contributed by atoms with Crippen LogP contribution in [0.3, 0.4) is 0 Å². The number of carbonyl (C=O) groups excluding carboxylic acids is 2. The molecule has 0 N–H and O–H groups in total. The Morgan fingerprint density at radius 2 is 1.83 bits per heavy atom. The van der Waals surface area contributed by atoms with Gasteiger partial charge in [-0.05, 0) is 24.0 Å². The van der Waals surface area contributed by atoms with Crippen molar-refractivity contribution in [2.24, 2.45) is 0 Å². The number of benzene rings is 1. The van der Waals surface area contributed by atoms with E-state index in [9.17, 15) is 14.0 Å². The van der Waals surface area contributed by atoms with Crippen LogP contribution in [0.4, 0.5) is 4.39 Å². The summed E-state index contributed by atoms with van der Waals surface area (Å²) in [6.07, 6.45) is -0.453. The first-order chi connectivity index (χ1) is 8.54. The lowest BCUT2D eigenvalue weighted by atomic mass is 9.94. The molecule has 2 nitrogen and oxygen atoms in total. The molecule has 98 valence electrons. The molecule has 0 heterocycles. The SMILES string of the molecule is CCC(=O)C(F)C(=O)c1ccc(CC)cc1CC. The fraction of sp³-hybridized carbons (Fsp3) is 0.467. The fourth-order valence-corrected chi connectivity index (χ4v) is 1.86. The van der Waals surface area contributed by atoms with E-state index in [-0.39, 0.29) is 6.42 Å². The molecule has 1 aromatic rings. The molecule has 1 aromatic carbocycles. The maximum atomic E-state index is 13.7. The third-order valence-electron chi connectivity index (χ3n) is 3.09. The Morgan fingerprint density at radius 1 is 1.17 bits per heavy atom. The highest BCUT2D eigenvalue weighted by atomic mass is 19.1. The number of hydrogen-bond acceptors (Lipinski definition) is 2. The number of carbonyl (C=O) groups is 2. The van der Waals surface area contributed by atoms with E-state index in [0.29, 0.717) is 12.0 Å². The zero-order valence-electron chi connectivity index (χ0n) is 11.1. The van der Waals surface area contributed by atoms with Gasteiger partial charge < -0.3 is 0 Å². The highest BCUT2D eigenvalue weighted by Gasteiger charge is 2.26. The lowest BCUT2D eigenvalue weighted by molar-refractivity contribution is -0.121. The van der Waals surface area contributed by atoms with Crippen molar-refractivity contribution >= 4 is 11.6 Å². The predicted molar refractivity (Wildman–Crippen MR) is 69.7 cm³/mol. The Kier molecular flexibility index (Phi) is 5.20. The highest BCUT2D eigenvalue weighted by molar-refractivity contribution is 6.13. The zero-order valence-corrected chi connectivity index (χ0v) is 11.1. The van der Waals surface area contributed by atoms with Crippen LogP contribution in [0, 0.1) is 0 Å². The Balaban J connectivity index is 3.09. The van der Waals surface area contributed by atoms with Crippen LogP contribution in [0.15, 0.2) is 18.2 Å². The van der Waals surface area contributed by atoms with Gasteiger partial charge in [-0.2, -0.15) is 0 Å². The van der Waals surface area contributed by atoms with Crippen LogP contribution in [0.25, 0.3) is 0 Å². The molecule has 0 bridgehead atoms. The molecular formula is C15H19FO2. The van der Waals surface area contributed by atoms with E-state index < -0.39 is 17.7 Å². The van der Waals surface area contributed by atoms with Crippen molar-refractivity contribution < 1.29 is 14.0 Å². The summed E-state index contributed by atoms with van der Waals surface area (Å²) < 4.78 is 13.7. The van der Waals surface area contributed by atoms with Crippen LogP contribution in [0.2, 0.25) is 0 Å². The van der Waals surface area contributed by atoms with Crippen LogP contribution in [-0.2, 0) is 17.6 Å². The lowest BCUT2D eigenvalue weighted by Gasteiger charge is -2.11. The second-order valence-electron chi connectivity index (χ2n) is 4.25. The molecule has 0 saturated carbocycles. The maximum Gasteiger partial charge on any atom is 0.220 e. The van der Waals surface area contributed by atoms with Crippen LogP contribution in [-0.4, -0.2) is 17.7 Å². The summed E-state index contributed by atoms with van der Waals surface area (Å²) in [7, 11) is 0. The highest BCUT2D eigenvalue weighted by Crippen LogP contribution is 2.17. The molecule has 0 aliphatic heterocycles. The number of alkyl halides is 1. The first-order valence-corrected chi connectivity index (χ1v) is 6.37. The summed E-state index contributed by atoms with van der Waals surface area (Å²) in [5.74, 6) is -1.36. The summed E-state index contributed by atoms with van der Waals surface area (Å²) in [5, 5.41) is 0. The molecule has 1 atom stereocenters. The van der Waals surface area contributed by atoms with Gasteiger partial charge in [0.25, 0.3) is 0 Å². The summed E-state index contributed by atoms with van der Waals surface area (Å²) in [6, 6.07) is 5.36. The van der Waals surface area contributed by atoms with Crippen LogP contribution in [0.5, 0.6) is 0 Å². The van der Waals surface area contributed by atoms with E-state index >= 15 is 0 Å². The van der Waals surface area contributed by atoms with Crippen molar-refractivity contribution in [1.82, 2.24) is 0 Å². The quantitative estimate of drug-likeness (QED) is 0.573. The minimum atomic E-state index is -2.02. The number of hydrogen-bond donors (Lipinski definition) is 0. The molecule has 0 aliphatic rings. The van der Waals surface area contributed by atoms with Gasteiger partial charge in [0.15, 0.2) is 5.78 Å². The number of Topliss-reactive ketones (excluding diaryl/α,β-unsaturated/α-hetero) is 2. The summed E-state index contributed by atoms with van der Waals surface area (Å²) in [4.78, 5) is 23.2. The number of ketones is 2. The van der Waals surface area contributed by atoms with Crippen LogP contribution >= 0.6 is 0 Å². The van der Waals surface area contributed by atoms with Gasteiger partial charge in [-0.1, -0.05) is 39.0 Å². The molecule has 3 heteroatoms. The van der Waals surface area contributed by atoms with E-state index in [4.69, 9.17) is 0 Å². The summed E-state index contributed by atoms with van der Waals surface area (Å²) >= 11 is 0. The molecule has 0 aromatic heterocycles. The Hall–Kier alpha value is -1.51. The summed E-state index contributed by atoms with van der Waals surface area (Å²) in [5.41, 5.74) is 2.26. The Labute approximate surface area is 107 Å². The van der Waals surface area contributed by atoms with E-state index in [1.807, 2.05) is 26.0 Å². The second kappa shape index (κ2) is 6.43. The lowest BCUT2D eigenvalue weighted by Crippen LogP contribution is -2.26. The van der Waals surface area contributed by atoms with Crippen molar-refractivity contribution in [3.8, 4) is 0 Å². The standard InChI is InChI=1S/C15H19FO2/c1-4-10-7-8-12(11(5-2)9-10)15(18)14(16)13(17)6-3/h7-9,14H,4-6H2,1-3H3. The number of halogens is 1. The van der Waals surface area contributed by atoms with Gasteiger partial charge in [0.2, 0.25) is 12.0 Å². The van der Waals surface area contributed by atoms with Gasteiger partial charge in [-0.3, -0.25) is 9.59 Å². The molecule has 1 rings (SSSR count). The third kappa shape index (κ3) is 3.03. The molecule has 18 heavy (non-hydrogen) atoms. The monoisotopic (exact) mass is 250 g/mol. The normalized spacial score (nSPS) is 12.2. The first-order valence-electron chi connectivity index (χ1n) is 6.37. The smallest absolute Gasteiger partial charge is 0.220 e. The van der Waals surface area contributed by atoms with Crippen LogP contribution in [0.1, 0.15) is 48.7 Å². The van der Waals surface area contributed by atoms with Gasteiger partial charge in [-0.15, -0.1) is 0 Å². The molecule has 0 radical (unpaired) electrons. The van der Waals surface area contributed by atoms with E-state index in [0.717, 1.165) is 17.5 Å². The van der Waals surface area contributed by atoms with Gasteiger partial charge >= 0.3 is 0 Å². The molecule has 0 spiro atoms. The predicted octanol–water partition coefficient (Wildman–Crippen LogP) is 3.31. The molecule has 0 fully saturated rings. The number of rotatable bonds is 6. The van der Waals surface area contributed by atoms with Crippen molar-refractivity contribution in [2.45, 2.75) is 46.2 Å². The van der Waals surface area contributed by atoms with E-state index in [1.165, 1.54) is 0 Å². The minimum absolute atomic E-state index is 0.0431. The molecule has 0 aliphatic carbocycles. The topological polar surface area (TPSA) is 34.1 Å². The second-order valence-corrected chi connectivity index (χ2v) is 4.25. The molecule has 1 unspecified atom stereocenters. The average Bonchev–Trinajstić information content (AvgIpc) is 2.43. The minimum Gasteiger partial charge on any atom is -0.296 e. The van der Waals surface area contributed by atoms with E-state index in [2.05, 4.69) is 0 Å². The van der Waals surface area contributed by atoms with Gasteiger partial charge in [0, 0.05) is 12.0 Å². The van der Waals surface area contributed by atoms with Gasteiger partial charge in [-0.25, -0.2) is 4.39 Å². The summed E-state index contributed by atoms with van der Waals surface area (Å²) in [6.45, 7) is 5.50. The molecular weight excluding hydrogens is 231 g/mol. The number of aryl methyl sites for hydroxylation is 2. The van der Waals surface area contributed by atoms with Gasteiger partial charge in [0.05, 0.1) is 0 Å². The third-order valence-corrected chi connectivity index (χ3v) is 3.09. The van der Waals surface area contributed by atoms with Gasteiger partial charge in [0.1, 0.15) is 0 Å². The first kappa shape index (κ1) is 14.6. The van der Waals surface area contributed by atoms with Crippen LogP contribution < -0.4 is 0 Å². The van der Waals surface area contributed by atoms with Crippen molar-refractivity contribution in [3.63, 3.8) is 0 Å². The van der Waals surface area contributed by atoms with Crippen molar-refractivity contribution in [2.75, 3.05) is 0 Å². The fourth-order valence-electron chi connectivity index (χ4n) is 1.86. The Morgan fingerprint density at radius 3 is 2.33 bits per heavy atom. The largest absolute Gasteiger partial charge is 0.296 e. The van der Waals surface area contributed by atoms with Crippen molar-refractivity contribution in [1.29, 1.82) is 0 Å². The van der Waals surface area contributed by atoms with Crippen molar-refractivity contribution in [3.05, 3.63) is 34.9 Å².